The van der Waals surface area contributed by atoms with Gasteiger partial charge in [-0.25, -0.2) is 0 Å². The van der Waals surface area contributed by atoms with Gasteiger partial charge in [-0.3, -0.25) is 4.79 Å². The number of benzene rings is 1. The molecule has 0 saturated heterocycles. The molecule has 1 aromatic carbocycles. The van der Waals surface area contributed by atoms with Gasteiger partial charge in [-0.2, -0.15) is 4.68 Å². The number of quaternary nitrogens is 1. The average Bonchev–Trinajstić information content (AvgIpc) is 3.24. The molecule has 2 aromatic rings. The summed E-state index contributed by atoms with van der Waals surface area (Å²) in [5.41, 5.74) is 3.32. The molecule has 7 heteroatoms. The van der Waals surface area contributed by atoms with E-state index in [1.165, 1.54) is 11.1 Å². The molecule has 24 heavy (non-hydrogen) atoms. The van der Waals surface area contributed by atoms with E-state index in [9.17, 15) is 4.79 Å². The van der Waals surface area contributed by atoms with Crippen molar-refractivity contribution in [2.45, 2.75) is 39.4 Å². The van der Waals surface area contributed by atoms with Crippen LogP contribution in [0.2, 0.25) is 0 Å². The molecule has 1 aliphatic carbocycles. The van der Waals surface area contributed by atoms with Crippen LogP contribution in [0.4, 0.5) is 0 Å². The largest absolute Gasteiger partial charge is 0.409 e. The number of rotatable bonds is 6. The predicted molar refractivity (Wildman–Crippen MR) is 93.2 cm³/mol. The Morgan fingerprint density at radius 2 is 2.17 bits per heavy atom. The molecule has 0 aliphatic heterocycles. The number of nitrogens with zero attached hydrogens (tertiary/aromatic N) is 2. The Bertz CT molecular complexity index is 807. The Labute approximate surface area is 146 Å². The second kappa shape index (κ2) is 6.86. The van der Waals surface area contributed by atoms with Crippen molar-refractivity contribution in [1.29, 1.82) is 0 Å². The number of hydrogen-bond acceptors (Lipinski definition) is 4. The lowest BCUT2D eigenvalue weighted by molar-refractivity contribution is -0.895. The fourth-order valence-electron chi connectivity index (χ4n) is 2.49. The minimum Gasteiger partial charge on any atom is -0.409 e. The lowest BCUT2D eigenvalue weighted by atomic mass is 10.1. The minimum absolute atomic E-state index is 0.0689. The highest BCUT2D eigenvalue weighted by Gasteiger charge is 2.24. The Balaban J connectivity index is 1.67. The fourth-order valence-corrected chi connectivity index (χ4v) is 2.67. The van der Waals surface area contributed by atoms with Crippen molar-refractivity contribution < 1.29 is 14.1 Å². The molecule has 1 heterocycles. The van der Waals surface area contributed by atoms with Crippen LogP contribution in [0.5, 0.6) is 0 Å². The summed E-state index contributed by atoms with van der Waals surface area (Å²) in [4.78, 5) is 13.2. The van der Waals surface area contributed by atoms with Crippen molar-refractivity contribution in [3.8, 4) is 11.5 Å². The first-order chi connectivity index (χ1) is 11.4. The van der Waals surface area contributed by atoms with Crippen molar-refractivity contribution in [3.63, 3.8) is 0 Å². The fraction of sp³-hybridized carbons (Fsp3) is 0.471. The quantitative estimate of drug-likeness (QED) is 0.772. The maximum atomic E-state index is 11.9. The summed E-state index contributed by atoms with van der Waals surface area (Å²) >= 11 is 5.26. The van der Waals surface area contributed by atoms with Gasteiger partial charge in [0.25, 0.3) is 10.7 Å². The summed E-state index contributed by atoms with van der Waals surface area (Å²) in [5.74, 6) is 0.581. The molecule has 1 amide bonds. The summed E-state index contributed by atoms with van der Waals surface area (Å²) in [7, 11) is 1.94. The van der Waals surface area contributed by atoms with Gasteiger partial charge in [-0.05, 0) is 62.2 Å². The van der Waals surface area contributed by atoms with Crippen LogP contribution in [-0.4, -0.2) is 35.3 Å². The zero-order chi connectivity index (χ0) is 17.3. The zero-order valence-corrected chi connectivity index (χ0v) is 15.1. The molecule has 1 saturated carbocycles. The van der Waals surface area contributed by atoms with E-state index in [0.29, 0.717) is 30.0 Å². The van der Waals surface area contributed by atoms with E-state index in [1.807, 2.05) is 25.2 Å². The molecule has 1 atom stereocenters. The normalized spacial score (nSPS) is 15.3. The molecule has 0 radical (unpaired) electrons. The van der Waals surface area contributed by atoms with E-state index in [4.69, 9.17) is 16.6 Å². The predicted octanol–water partition coefficient (Wildman–Crippen LogP) is 1.24. The molecule has 0 bridgehead atoms. The standard InChI is InChI=1S/C17H22N4O2S/c1-11-4-5-13(8-12(11)2)16-19-21(17(24)23-16)10-20(3)9-15(22)18-14-6-7-14/h4-5,8,14H,6-7,9-10H2,1-3H3,(H,18,22)/p+1. The third kappa shape index (κ3) is 4.10. The summed E-state index contributed by atoms with van der Waals surface area (Å²) in [6, 6.07) is 6.45. The van der Waals surface area contributed by atoms with Crippen molar-refractivity contribution in [3.05, 3.63) is 34.2 Å². The van der Waals surface area contributed by atoms with Crippen LogP contribution in [0.15, 0.2) is 22.6 Å². The van der Waals surface area contributed by atoms with E-state index >= 15 is 0 Å². The highest BCUT2D eigenvalue weighted by Crippen LogP contribution is 2.20. The van der Waals surface area contributed by atoms with E-state index in [0.717, 1.165) is 23.3 Å². The van der Waals surface area contributed by atoms with Crippen LogP contribution in [0.3, 0.4) is 0 Å². The SMILES string of the molecule is Cc1ccc(-c2nn(C[NH+](C)CC(=O)NC3CC3)c(=S)o2)cc1C. The number of likely N-dealkylation sites (N-methyl/N-ethyl adjacent to an activating group) is 1. The number of amides is 1. The summed E-state index contributed by atoms with van der Waals surface area (Å²) < 4.78 is 7.27. The first-order valence-corrected chi connectivity index (χ1v) is 8.59. The van der Waals surface area contributed by atoms with E-state index in [1.54, 1.807) is 4.68 Å². The number of nitrogens with one attached hydrogen (secondary N) is 2. The molecule has 2 N–H and O–H groups in total. The van der Waals surface area contributed by atoms with Crippen molar-refractivity contribution >= 4 is 18.1 Å². The Morgan fingerprint density at radius 3 is 2.83 bits per heavy atom. The lowest BCUT2D eigenvalue weighted by Gasteiger charge is -2.12. The Morgan fingerprint density at radius 1 is 1.42 bits per heavy atom. The van der Waals surface area contributed by atoms with E-state index < -0.39 is 0 Å². The highest BCUT2D eigenvalue weighted by molar-refractivity contribution is 7.71. The van der Waals surface area contributed by atoms with Crippen molar-refractivity contribution in [1.82, 2.24) is 15.1 Å². The van der Waals surface area contributed by atoms with Crippen LogP contribution in [0, 0.1) is 18.7 Å². The maximum absolute atomic E-state index is 11.9. The third-order valence-corrected chi connectivity index (χ3v) is 4.48. The molecule has 1 aliphatic rings. The second-order valence-electron chi connectivity index (χ2n) is 6.61. The van der Waals surface area contributed by atoms with Crippen LogP contribution in [0.25, 0.3) is 11.5 Å². The average molecular weight is 347 g/mol. The number of hydrogen-bond donors (Lipinski definition) is 2. The van der Waals surface area contributed by atoms with Gasteiger partial charge in [0.15, 0.2) is 13.2 Å². The molecular weight excluding hydrogens is 324 g/mol. The smallest absolute Gasteiger partial charge is 0.292 e. The highest BCUT2D eigenvalue weighted by atomic mass is 32.1. The number of aryl methyl sites for hydroxylation is 2. The van der Waals surface area contributed by atoms with Gasteiger partial charge < -0.3 is 14.6 Å². The number of aromatic nitrogens is 2. The second-order valence-corrected chi connectivity index (χ2v) is 6.95. The van der Waals surface area contributed by atoms with Gasteiger partial charge in [-0.15, -0.1) is 5.10 Å². The molecule has 1 fully saturated rings. The Hall–Kier alpha value is -1.99. The van der Waals surface area contributed by atoms with E-state index in [2.05, 4.69) is 24.3 Å². The molecule has 6 nitrogen and oxygen atoms in total. The molecule has 1 unspecified atom stereocenters. The number of carbonyl (C=O) groups is 1. The maximum Gasteiger partial charge on any atom is 0.292 e. The first kappa shape index (κ1) is 16.9. The van der Waals surface area contributed by atoms with Crippen LogP contribution in [-0.2, 0) is 11.5 Å². The van der Waals surface area contributed by atoms with Gasteiger partial charge in [0, 0.05) is 11.6 Å². The molecular formula is C17H23N4O2S+. The van der Waals surface area contributed by atoms with Crippen LogP contribution >= 0.6 is 12.2 Å². The summed E-state index contributed by atoms with van der Waals surface area (Å²) in [6.07, 6.45) is 2.19. The van der Waals surface area contributed by atoms with Gasteiger partial charge in [0.05, 0.1) is 7.05 Å². The zero-order valence-electron chi connectivity index (χ0n) is 14.3. The Kier molecular flexibility index (Phi) is 4.82. The topological polar surface area (TPSA) is 64.5 Å². The number of carbonyl (C=O) groups excluding carboxylic acids is 1. The third-order valence-electron chi connectivity index (χ3n) is 4.18. The van der Waals surface area contributed by atoms with Crippen LogP contribution < -0.4 is 10.2 Å². The van der Waals surface area contributed by atoms with E-state index in [-0.39, 0.29) is 5.91 Å². The minimum atomic E-state index is 0.0689. The van der Waals surface area contributed by atoms with Gasteiger partial charge in [0.2, 0.25) is 5.89 Å². The molecule has 1 aromatic heterocycles. The summed E-state index contributed by atoms with van der Waals surface area (Å²) in [6.45, 7) is 5.01. The van der Waals surface area contributed by atoms with Crippen LogP contribution in [0.1, 0.15) is 24.0 Å². The monoisotopic (exact) mass is 347 g/mol. The molecule has 3 rings (SSSR count). The summed E-state index contributed by atoms with van der Waals surface area (Å²) in [5, 5.41) is 7.45. The van der Waals surface area contributed by atoms with Gasteiger partial charge in [0.1, 0.15) is 0 Å². The van der Waals surface area contributed by atoms with Crippen molar-refractivity contribution in [2.75, 3.05) is 13.6 Å². The first-order valence-electron chi connectivity index (χ1n) is 8.18. The van der Waals surface area contributed by atoms with Crippen molar-refractivity contribution in [2.24, 2.45) is 0 Å². The molecule has 0 spiro atoms. The lowest BCUT2D eigenvalue weighted by Crippen LogP contribution is -3.09. The molecule has 128 valence electrons. The van der Waals surface area contributed by atoms with Gasteiger partial charge >= 0.3 is 0 Å². The van der Waals surface area contributed by atoms with Gasteiger partial charge in [-0.1, -0.05) is 6.07 Å².